The van der Waals surface area contributed by atoms with Crippen molar-refractivity contribution in [1.29, 1.82) is 0 Å². The molecule has 0 radical (unpaired) electrons. The smallest absolute Gasteiger partial charge is 0.339 e. The maximum Gasteiger partial charge on any atom is 0.339 e. The Kier molecular flexibility index (Phi) is 6.28. The van der Waals surface area contributed by atoms with Crippen molar-refractivity contribution in [3.8, 4) is 11.4 Å². The Balaban J connectivity index is 1.65. The summed E-state index contributed by atoms with van der Waals surface area (Å²) in [5.74, 6) is -1.32. The van der Waals surface area contributed by atoms with Crippen LogP contribution in [-0.2, 0) is 20.8 Å². The molecule has 3 aromatic rings. The van der Waals surface area contributed by atoms with E-state index in [4.69, 9.17) is 9.47 Å². The Labute approximate surface area is 178 Å². The van der Waals surface area contributed by atoms with Gasteiger partial charge in [-0.1, -0.05) is 29.8 Å². The van der Waals surface area contributed by atoms with Crippen molar-refractivity contribution < 1.29 is 23.9 Å². The van der Waals surface area contributed by atoms with E-state index in [1.54, 1.807) is 13.8 Å². The number of aromatic amines is 1. The number of Topliss-reactive ketones (excluding diaryl/α,β-unsaturated/α-hetero) is 1. The van der Waals surface area contributed by atoms with E-state index in [0.717, 1.165) is 15.9 Å². The van der Waals surface area contributed by atoms with E-state index < -0.39 is 23.8 Å². The standard InChI is InChI=1S/C21H23N5O5/c1-11-6-8-15(9-7-11)20-23-25-26(24-20)10-16(27)31-14(4)19(28)18-12(2)17(13(3)22-18)21(29)30-5/h6-9,14,22H,10H2,1-5H3. The zero-order valence-electron chi connectivity index (χ0n) is 17.9. The van der Waals surface area contributed by atoms with Crippen LogP contribution < -0.4 is 0 Å². The highest BCUT2D eigenvalue weighted by molar-refractivity contribution is 6.03. The lowest BCUT2D eigenvalue weighted by Crippen LogP contribution is -2.27. The van der Waals surface area contributed by atoms with Crippen molar-refractivity contribution in [3.63, 3.8) is 0 Å². The molecule has 0 spiro atoms. The third kappa shape index (κ3) is 4.68. The third-order valence-electron chi connectivity index (χ3n) is 4.78. The van der Waals surface area contributed by atoms with Crippen molar-refractivity contribution in [1.82, 2.24) is 25.2 Å². The average Bonchev–Trinajstić information content (AvgIpc) is 3.31. The number of rotatable bonds is 7. The largest absolute Gasteiger partial charge is 0.465 e. The minimum atomic E-state index is -1.07. The SMILES string of the molecule is COC(=O)c1c(C)[nH]c(C(=O)C(C)OC(=O)Cn2nnc(-c3ccc(C)cc3)n2)c1C. The Morgan fingerprint density at radius 2 is 1.81 bits per heavy atom. The van der Waals surface area contributed by atoms with Crippen LogP contribution in [0, 0.1) is 20.8 Å². The average molecular weight is 425 g/mol. The summed E-state index contributed by atoms with van der Waals surface area (Å²) in [7, 11) is 1.27. The number of hydrogen-bond donors (Lipinski definition) is 1. The normalized spacial score (nSPS) is 11.8. The maximum absolute atomic E-state index is 12.7. The molecule has 3 rings (SSSR count). The molecule has 1 atom stereocenters. The van der Waals surface area contributed by atoms with Crippen LogP contribution in [-0.4, -0.2) is 56.1 Å². The van der Waals surface area contributed by atoms with E-state index >= 15 is 0 Å². The molecule has 31 heavy (non-hydrogen) atoms. The number of ketones is 1. The molecule has 0 saturated carbocycles. The first kappa shape index (κ1) is 21.9. The van der Waals surface area contributed by atoms with Gasteiger partial charge in [0.05, 0.1) is 18.4 Å². The molecule has 10 nitrogen and oxygen atoms in total. The molecule has 0 aliphatic rings. The number of benzene rings is 1. The van der Waals surface area contributed by atoms with E-state index in [1.165, 1.54) is 14.0 Å². The number of aromatic nitrogens is 5. The summed E-state index contributed by atoms with van der Waals surface area (Å²) in [6, 6.07) is 7.57. The predicted octanol–water partition coefficient (Wildman–Crippen LogP) is 2.19. The van der Waals surface area contributed by atoms with E-state index in [0.29, 0.717) is 22.6 Å². The second kappa shape index (κ2) is 8.90. The summed E-state index contributed by atoms with van der Waals surface area (Å²) in [4.78, 5) is 40.9. The molecule has 1 N–H and O–H groups in total. The first-order chi connectivity index (χ1) is 14.7. The number of tetrazole rings is 1. The summed E-state index contributed by atoms with van der Waals surface area (Å²) < 4.78 is 9.98. The molecule has 2 heterocycles. The molecule has 10 heteroatoms. The zero-order chi connectivity index (χ0) is 22.7. The number of nitrogens with one attached hydrogen (secondary N) is 1. The number of aryl methyl sites for hydroxylation is 2. The van der Waals surface area contributed by atoms with Crippen LogP contribution in [0.15, 0.2) is 24.3 Å². The molecule has 1 aromatic carbocycles. The number of carbonyl (C=O) groups excluding carboxylic acids is 3. The van der Waals surface area contributed by atoms with Gasteiger partial charge < -0.3 is 14.5 Å². The first-order valence-corrected chi connectivity index (χ1v) is 9.57. The van der Waals surface area contributed by atoms with Gasteiger partial charge in [-0.15, -0.1) is 10.2 Å². The number of nitrogens with zero attached hydrogens (tertiary/aromatic N) is 4. The van der Waals surface area contributed by atoms with Crippen molar-refractivity contribution in [2.45, 2.75) is 40.3 Å². The van der Waals surface area contributed by atoms with Crippen LogP contribution in [0.2, 0.25) is 0 Å². The molecule has 0 bridgehead atoms. The van der Waals surface area contributed by atoms with Gasteiger partial charge in [0.2, 0.25) is 11.6 Å². The second-order valence-corrected chi connectivity index (χ2v) is 7.12. The van der Waals surface area contributed by atoms with Crippen LogP contribution in [0.5, 0.6) is 0 Å². The molecular weight excluding hydrogens is 402 g/mol. The molecule has 0 saturated heterocycles. The van der Waals surface area contributed by atoms with Gasteiger partial charge >= 0.3 is 11.9 Å². The van der Waals surface area contributed by atoms with Crippen molar-refractivity contribution in [3.05, 3.63) is 52.3 Å². The lowest BCUT2D eigenvalue weighted by atomic mass is 10.1. The number of esters is 2. The Hall–Kier alpha value is -3.82. The monoisotopic (exact) mass is 425 g/mol. The second-order valence-electron chi connectivity index (χ2n) is 7.12. The number of ether oxygens (including phenoxy) is 2. The number of methoxy groups -OCH3 is 1. The van der Waals surface area contributed by atoms with Gasteiger partial charge in [-0.25, -0.2) is 9.59 Å². The van der Waals surface area contributed by atoms with Crippen LogP contribution in [0.1, 0.15) is 44.6 Å². The quantitative estimate of drug-likeness (QED) is 0.450. The topological polar surface area (TPSA) is 129 Å². The van der Waals surface area contributed by atoms with E-state index in [1.807, 2.05) is 31.2 Å². The van der Waals surface area contributed by atoms with E-state index in [9.17, 15) is 14.4 Å². The molecule has 0 amide bonds. The Bertz CT molecular complexity index is 1130. The Morgan fingerprint density at radius 3 is 2.45 bits per heavy atom. The highest BCUT2D eigenvalue weighted by atomic mass is 16.5. The fourth-order valence-corrected chi connectivity index (χ4v) is 3.14. The molecular formula is C21H23N5O5. The predicted molar refractivity (Wildman–Crippen MR) is 109 cm³/mol. The maximum atomic E-state index is 12.7. The fourth-order valence-electron chi connectivity index (χ4n) is 3.14. The van der Waals surface area contributed by atoms with Gasteiger partial charge in [0.25, 0.3) is 0 Å². The third-order valence-corrected chi connectivity index (χ3v) is 4.78. The van der Waals surface area contributed by atoms with E-state index in [-0.39, 0.29) is 12.2 Å². The molecule has 0 aliphatic carbocycles. The number of H-pyrrole nitrogens is 1. The zero-order valence-corrected chi connectivity index (χ0v) is 17.9. The molecule has 1 unspecified atom stereocenters. The van der Waals surface area contributed by atoms with Crippen molar-refractivity contribution in [2.75, 3.05) is 7.11 Å². The lowest BCUT2D eigenvalue weighted by Gasteiger charge is -2.11. The van der Waals surface area contributed by atoms with Gasteiger partial charge in [-0.05, 0) is 38.5 Å². The summed E-state index contributed by atoms with van der Waals surface area (Å²) in [6.07, 6.45) is -1.07. The number of hydrogen-bond acceptors (Lipinski definition) is 8. The first-order valence-electron chi connectivity index (χ1n) is 9.57. The number of carbonyl (C=O) groups is 3. The highest BCUT2D eigenvalue weighted by Gasteiger charge is 2.27. The van der Waals surface area contributed by atoms with E-state index in [2.05, 4.69) is 20.4 Å². The highest BCUT2D eigenvalue weighted by Crippen LogP contribution is 2.21. The van der Waals surface area contributed by atoms with Crippen molar-refractivity contribution >= 4 is 17.7 Å². The van der Waals surface area contributed by atoms with Crippen LogP contribution in [0.25, 0.3) is 11.4 Å². The lowest BCUT2D eigenvalue weighted by molar-refractivity contribution is -0.147. The molecule has 162 valence electrons. The summed E-state index contributed by atoms with van der Waals surface area (Å²) in [5.41, 5.74) is 3.30. The van der Waals surface area contributed by atoms with Crippen LogP contribution in [0.3, 0.4) is 0 Å². The fraction of sp³-hybridized carbons (Fsp3) is 0.333. The van der Waals surface area contributed by atoms with Gasteiger partial charge in [0, 0.05) is 11.3 Å². The van der Waals surface area contributed by atoms with Gasteiger partial charge in [0.1, 0.15) is 0 Å². The summed E-state index contributed by atoms with van der Waals surface area (Å²) >= 11 is 0. The summed E-state index contributed by atoms with van der Waals surface area (Å²) in [5, 5.41) is 12.0. The minimum absolute atomic E-state index is 0.193. The minimum Gasteiger partial charge on any atom is -0.465 e. The van der Waals surface area contributed by atoms with Gasteiger partial charge in [-0.2, -0.15) is 4.80 Å². The van der Waals surface area contributed by atoms with Crippen LogP contribution in [0.4, 0.5) is 0 Å². The molecule has 2 aromatic heterocycles. The van der Waals surface area contributed by atoms with Crippen molar-refractivity contribution in [2.24, 2.45) is 0 Å². The Morgan fingerprint density at radius 1 is 1.13 bits per heavy atom. The van der Waals surface area contributed by atoms with Gasteiger partial charge in [0.15, 0.2) is 12.6 Å². The molecule has 0 aliphatic heterocycles. The molecule has 0 fully saturated rings. The van der Waals surface area contributed by atoms with Gasteiger partial charge in [-0.3, -0.25) is 4.79 Å². The van der Waals surface area contributed by atoms with Crippen LogP contribution >= 0.6 is 0 Å². The summed E-state index contributed by atoms with van der Waals surface area (Å²) in [6.45, 7) is 6.42.